The van der Waals surface area contributed by atoms with Gasteiger partial charge in [-0.1, -0.05) is 236 Å². The van der Waals surface area contributed by atoms with E-state index in [1.54, 1.807) is 0 Å². The van der Waals surface area contributed by atoms with Crippen LogP contribution in [-0.4, -0.2) is 15.8 Å². The van der Waals surface area contributed by atoms with Gasteiger partial charge in [0.1, 0.15) is 5.58 Å². The summed E-state index contributed by atoms with van der Waals surface area (Å²) in [5, 5.41) is 7.11. The zero-order valence-corrected chi connectivity index (χ0v) is 48.6. The first-order valence-corrected chi connectivity index (χ1v) is 29.9. The summed E-state index contributed by atoms with van der Waals surface area (Å²) in [6, 6.07) is 95.7. The Hall–Kier alpha value is -10.1. The van der Waals surface area contributed by atoms with Crippen molar-refractivity contribution in [2.24, 2.45) is 0 Å². The van der Waals surface area contributed by atoms with Crippen LogP contribution in [0.1, 0.15) is 52.7 Å². The van der Waals surface area contributed by atoms with Gasteiger partial charge in [-0.15, -0.1) is 0 Å². The number of benzene rings is 12. The van der Waals surface area contributed by atoms with Crippen molar-refractivity contribution in [2.75, 3.05) is 4.90 Å². The zero-order valence-electron chi connectivity index (χ0n) is 48.6. The number of aromatic nitrogens is 2. The maximum Gasteiger partial charge on any atom is 0.252 e. The summed E-state index contributed by atoms with van der Waals surface area (Å²) in [6.07, 6.45) is 0. The number of nitrogens with zero attached hydrogens (tertiary/aromatic N) is 3. The fraction of sp³-hybridized carbons (Fsp3) is 0.100. The molecular formula is C80H60BN3O. The van der Waals surface area contributed by atoms with Gasteiger partial charge >= 0.3 is 0 Å². The van der Waals surface area contributed by atoms with Crippen molar-refractivity contribution >= 4 is 106 Å². The number of rotatable bonds is 6. The van der Waals surface area contributed by atoms with E-state index in [1.807, 2.05) is 0 Å². The van der Waals surface area contributed by atoms with Crippen molar-refractivity contribution in [1.82, 2.24) is 9.13 Å². The molecular weight excluding hydrogens is 1030 g/mol. The largest absolute Gasteiger partial charge is 0.454 e. The van der Waals surface area contributed by atoms with Gasteiger partial charge in [0.25, 0.3) is 6.71 Å². The molecule has 0 atom stereocenters. The first-order chi connectivity index (χ1) is 41.4. The Morgan fingerprint density at radius 1 is 0.341 bits per heavy atom. The van der Waals surface area contributed by atoms with Gasteiger partial charge < -0.3 is 18.5 Å². The SMILES string of the molecule is CC(C)(C)c1cccc(-c2cccc(-c3cccc(C(C)(C)C)c3)c2N2c3ccc(-n4c5ccccc5c5ccccc54)cc3B3c4c(cc5c(oc6ccccc65)c42)-n2c4ccc(-c5ccccc5)cc4c4cc(-c5ccccc5)cc3c42)c1. The fourth-order valence-electron chi connectivity index (χ4n) is 14.5. The lowest BCUT2D eigenvalue weighted by Gasteiger charge is -2.42. The first kappa shape index (κ1) is 49.5. The number of para-hydroxylation sites is 4. The average Bonchev–Trinajstić information content (AvgIpc) is 1.91. The predicted octanol–water partition coefficient (Wildman–Crippen LogP) is 19.7. The molecule has 2 aliphatic rings. The van der Waals surface area contributed by atoms with Crippen LogP contribution >= 0.6 is 0 Å². The summed E-state index contributed by atoms with van der Waals surface area (Å²) in [7, 11) is 0. The van der Waals surface area contributed by atoms with E-state index in [0.717, 1.165) is 72.6 Å². The molecule has 2 aliphatic heterocycles. The Morgan fingerprint density at radius 3 is 1.54 bits per heavy atom. The molecule has 12 aromatic carbocycles. The number of anilines is 3. The Labute approximate surface area is 495 Å². The van der Waals surface area contributed by atoms with Crippen LogP contribution in [0.15, 0.2) is 259 Å². The maximum atomic E-state index is 7.52. The minimum Gasteiger partial charge on any atom is -0.454 e. The van der Waals surface area contributed by atoms with Crippen molar-refractivity contribution in [3.63, 3.8) is 0 Å². The quantitative estimate of drug-likeness (QED) is 0.155. The third-order valence-corrected chi connectivity index (χ3v) is 18.6. The molecule has 17 rings (SSSR count). The predicted molar refractivity (Wildman–Crippen MR) is 361 cm³/mol. The second-order valence-electron chi connectivity index (χ2n) is 25.6. The summed E-state index contributed by atoms with van der Waals surface area (Å²) in [5.41, 5.74) is 27.6. The molecule has 0 saturated heterocycles. The van der Waals surface area contributed by atoms with Crippen LogP contribution in [0.25, 0.3) is 121 Å². The molecule has 0 unspecified atom stereocenters. The van der Waals surface area contributed by atoms with Gasteiger partial charge in [-0.05, 0) is 132 Å². The Kier molecular flexibility index (Phi) is 10.6. The Morgan fingerprint density at radius 2 is 0.894 bits per heavy atom. The average molecular weight is 1090 g/mol. The summed E-state index contributed by atoms with van der Waals surface area (Å²) >= 11 is 0. The lowest BCUT2D eigenvalue weighted by molar-refractivity contribution is 0.590. The Balaban J connectivity index is 1.07. The van der Waals surface area contributed by atoms with Crippen LogP contribution < -0.4 is 21.3 Å². The van der Waals surface area contributed by atoms with Crippen LogP contribution in [-0.2, 0) is 10.8 Å². The lowest BCUT2D eigenvalue weighted by Crippen LogP contribution is -2.60. The van der Waals surface area contributed by atoms with Crippen LogP contribution in [0.3, 0.4) is 0 Å². The van der Waals surface area contributed by atoms with Crippen LogP contribution in [0.4, 0.5) is 17.1 Å². The van der Waals surface area contributed by atoms with Crippen molar-refractivity contribution in [3.8, 4) is 55.9 Å². The van der Waals surface area contributed by atoms with E-state index < -0.39 is 0 Å². The molecule has 0 bridgehead atoms. The molecule has 0 radical (unpaired) electrons. The highest BCUT2D eigenvalue weighted by atomic mass is 16.3. The molecule has 0 N–H and O–H groups in total. The standard InChI is InChI=1S/C80H60BN3O/c1-79(2,3)55-28-19-26-52(42-55)58-33-21-34-59(53-27-20-29-56(43-53)80(4,5)6)75(58)84-71-41-39-57(82-68-35-16-13-30-60(68)61-31-14-17-36-69(61)82)47-66(71)81-67-46-54(50-24-11-8-12-25-50)45-64-63-44-51(49-22-9-7-10-23-49)38-40-70(63)83(76(64)67)72-48-65-62-32-15-18-37-73(62)85-78(65)77(84)74(72)81/h7-48H,1-6H3. The summed E-state index contributed by atoms with van der Waals surface area (Å²) in [4.78, 5) is 2.64. The molecule has 0 amide bonds. The molecule has 0 aliphatic carbocycles. The van der Waals surface area contributed by atoms with Gasteiger partial charge in [0.2, 0.25) is 0 Å². The third kappa shape index (κ3) is 7.42. The highest BCUT2D eigenvalue weighted by Gasteiger charge is 2.46. The van der Waals surface area contributed by atoms with Crippen molar-refractivity contribution in [1.29, 1.82) is 0 Å². The molecule has 3 aromatic heterocycles. The van der Waals surface area contributed by atoms with E-state index >= 15 is 0 Å². The molecule has 0 spiro atoms. The maximum absolute atomic E-state index is 7.52. The number of furan rings is 1. The van der Waals surface area contributed by atoms with Gasteiger partial charge in [-0.3, -0.25) is 0 Å². The first-order valence-electron chi connectivity index (χ1n) is 29.9. The van der Waals surface area contributed by atoms with Crippen molar-refractivity contribution in [3.05, 3.63) is 266 Å². The summed E-state index contributed by atoms with van der Waals surface area (Å²) < 4.78 is 12.6. The molecule has 404 valence electrons. The molecule has 0 saturated carbocycles. The topological polar surface area (TPSA) is 26.2 Å². The molecule has 5 heteroatoms. The number of hydrogen-bond donors (Lipinski definition) is 0. The minimum atomic E-state index is -0.234. The molecule has 0 fully saturated rings. The highest BCUT2D eigenvalue weighted by Crippen LogP contribution is 2.53. The van der Waals surface area contributed by atoms with E-state index in [-0.39, 0.29) is 17.5 Å². The van der Waals surface area contributed by atoms with Crippen molar-refractivity contribution in [2.45, 2.75) is 52.4 Å². The van der Waals surface area contributed by atoms with E-state index in [4.69, 9.17) is 4.42 Å². The van der Waals surface area contributed by atoms with Crippen LogP contribution in [0.5, 0.6) is 0 Å². The second kappa shape index (κ2) is 18.2. The van der Waals surface area contributed by atoms with E-state index in [9.17, 15) is 0 Å². The molecule has 15 aromatic rings. The van der Waals surface area contributed by atoms with Gasteiger partial charge in [-0.25, -0.2) is 0 Å². The van der Waals surface area contributed by atoms with Gasteiger partial charge in [0, 0.05) is 66.0 Å². The smallest absolute Gasteiger partial charge is 0.252 e. The fourth-order valence-corrected chi connectivity index (χ4v) is 14.5. The van der Waals surface area contributed by atoms with E-state index in [0.29, 0.717) is 0 Å². The lowest BCUT2D eigenvalue weighted by atomic mass is 9.33. The van der Waals surface area contributed by atoms with Crippen LogP contribution in [0.2, 0.25) is 0 Å². The normalized spacial score (nSPS) is 13.0. The second-order valence-corrected chi connectivity index (χ2v) is 25.6. The van der Waals surface area contributed by atoms with Crippen LogP contribution in [0, 0.1) is 0 Å². The van der Waals surface area contributed by atoms with Gasteiger partial charge in [0.05, 0.1) is 27.9 Å². The highest BCUT2D eigenvalue weighted by molar-refractivity contribution is 7.00. The van der Waals surface area contributed by atoms with Gasteiger partial charge in [-0.2, -0.15) is 0 Å². The Bertz CT molecular complexity index is 5150. The summed E-state index contributed by atoms with van der Waals surface area (Å²) in [6.45, 7) is 13.7. The third-order valence-electron chi connectivity index (χ3n) is 18.6. The van der Waals surface area contributed by atoms with E-state index in [2.05, 4.69) is 310 Å². The monoisotopic (exact) mass is 1090 g/mol. The minimum absolute atomic E-state index is 0.0827. The number of hydrogen-bond acceptors (Lipinski definition) is 2. The zero-order chi connectivity index (χ0) is 57.0. The molecule has 4 nitrogen and oxygen atoms in total. The summed E-state index contributed by atoms with van der Waals surface area (Å²) in [5.74, 6) is 0. The van der Waals surface area contributed by atoms with E-state index in [1.165, 1.54) is 93.4 Å². The van der Waals surface area contributed by atoms with Gasteiger partial charge in [0.15, 0.2) is 5.58 Å². The number of fused-ring (bicyclic) bond motifs is 14. The molecule has 85 heavy (non-hydrogen) atoms. The molecule has 5 heterocycles. The van der Waals surface area contributed by atoms with Crippen molar-refractivity contribution < 1.29 is 4.42 Å².